The van der Waals surface area contributed by atoms with Crippen LogP contribution >= 0.6 is 0 Å². The highest BCUT2D eigenvalue weighted by Gasteiger charge is 2.32. The number of carbonyl (C=O) groups is 1. The first kappa shape index (κ1) is 11.6. The standard InChI is InChI=1S/C11H18N6O/c18-11(7-17-8-12-14-15-17)13-9-3-5-16(6-4-9)10-1-2-10/h8-10H,1-7H2,(H,13,18). The number of hydrogen-bond acceptors (Lipinski definition) is 5. The summed E-state index contributed by atoms with van der Waals surface area (Å²) in [5, 5.41) is 13.7. The van der Waals surface area contributed by atoms with E-state index in [4.69, 9.17) is 0 Å². The van der Waals surface area contributed by atoms with Crippen LogP contribution < -0.4 is 5.32 Å². The minimum absolute atomic E-state index is 0.00725. The number of aromatic nitrogens is 4. The second-order valence-corrected chi connectivity index (χ2v) is 5.12. The summed E-state index contributed by atoms with van der Waals surface area (Å²) in [6.45, 7) is 2.43. The van der Waals surface area contributed by atoms with Crippen molar-refractivity contribution in [3.63, 3.8) is 0 Å². The number of tetrazole rings is 1. The highest BCUT2D eigenvalue weighted by atomic mass is 16.2. The summed E-state index contributed by atoms with van der Waals surface area (Å²) < 4.78 is 1.44. The summed E-state index contributed by atoms with van der Waals surface area (Å²) in [7, 11) is 0. The van der Waals surface area contributed by atoms with E-state index in [9.17, 15) is 4.79 Å². The Morgan fingerprint density at radius 1 is 1.28 bits per heavy atom. The molecule has 1 saturated carbocycles. The summed E-state index contributed by atoms with van der Waals surface area (Å²) in [4.78, 5) is 14.3. The Balaban J connectivity index is 1.41. The maximum Gasteiger partial charge on any atom is 0.242 e. The molecule has 2 fully saturated rings. The SMILES string of the molecule is O=C(Cn1cnnn1)NC1CCN(C2CC2)CC1. The Bertz CT molecular complexity index is 394. The summed E-state index contributed by atoms with van der Waals surface area (Å²) >= 11 is 0. The third-order valence-electron chi connectivity index (χ3n) is 3.65. The molecule has 18 heavy (non-hydrogen) atoms. The zero-order valence-electron chi connectivity index (χ0n) is 10.3. The van der Waals surface area contributed by atoms with Gasteiger partial charge in [0.15, 0.2) is 0 Å². The van der Waals surface area contributed by atoms with E-state index >= 15 is 0 Å². The van der Waals surface area contributed by atoms with Gasteiger partial charge in [-0.15, -0.1) is 5.10 Å². The molecule has 0 atom stereocenters. The molecule has 98 valence electrons. The number of hydrogen-bond donors (Lipinski definition) is 1. The molecule has 1 aliphatic carbocycles. The molecular weight excluding hydrogens is 232 g/mol. The first-order valence-corrected chi connectivity index (χ1v) is 6.55. The van der Waals surface area contributed by atoms with Crippen LogP contribution in [0.2, 0.25) is 0 Å². The minimum atomic E-state index is -0.00725. The lowest BCUT2D eigenvalue weighted by atomic mass is 10.0. The van der Waals surface area contributed by atoms with Crippen molar-refractivity contribution in [3.8, 4) is 0 Å². The maximum absolute atomic E-state index is 11.8. The van der Waals surface area contributed by atoms with Crippen LogP contribution in [0, 0.1) is 0 Å². The number of rotatable bonds is 4. The molecule has 1 saturated heterocycles. The molecule has 1 aliphatic heterocycles. The second kappa shape index (κ2) is 5.01. The third kappa shape index (κ3) is 2.84. The van der Waals surface area contributed by atoms with Crippen LogP contribution in [-0.4, -0.2) is 56.2 Å². The lowest BCUT2D eigenvalue weighted by Crippen LogP contribution is -2.46. The van der Waals surface area contributed by atoms with Gasteiger partial charge in [-0.3, -0.25) is 4.79 Å². The number of nitrogens with zero attached hydrogens (tertiary/aromatic N) is 5. The van der Waals surface area contributed by atoms with Gasteiger partial charge in [-0.1, -0.05) is 0 Å². The van der Waals surface area contributed by atoms with E-state index in [1.165, 1.54) is 23.9 Å². The van der Waals surface area contributed by atoms with Gasteiger partial charge in [0.1, 0.15) is 12.9 Å². The Morgan fingerprint density at radius 3 is 2.67 bits per heavy atom. The van der Waals surface area contributed by atoms with E-state index < -0.39 is 0 Å². The molecule has 0 unspecified atom stereocenters. The van der Waals surface area contributed by atoms with Crippen molar-refractivity contribution in [1.82, 2.24) is 30.4 Å². The van der Waals surface area contributed by atoms with E-state index in [0.29, 0.717) is 6.04 Å². The molecule has 7 heteroatoms. The molecule has 0 radical (unpaired) electrons. The van der Waals surface area contributed by atoms with E-state index in [2.05, 4.69) is 25.7 Å². The van der Waals surface area contributed by atoms with Crippen molar-refractivity contribution >= 4 is 5.91 Å². The maximum atomic E-state index is 11.8. The third-order valence-corrected chi connectivity index (χ3v) is 3.65. The fourth-order valence-electron chi connectivity index (χ4n) is 2.52. The molecule has 1 N–H and O–H groups in total. The van der Waals surface area contributed by atoms with Crippen molar-refractivity contribution in [2.24, 2.45) is 0 Å². The normalized spacial score (nSPS) is 22.0. The quantitative estimate of drug-likeness (QED) is 0.773. The smallest absolute Gasteiger partial charge is 0.242 e. The predicted octanol–water partition coefficient (Wildman–Crippen LogP) is -0.584. The van der Waals surface area contributed by atoms with Crippen LogP contribution in [0.5, 0.6) is 0 Å². The number of piperidine rings is 1. The number of amides is 1. The van der Waals surface area contributed by atoms with Crippen LogP contribution in [0.4, 0.5) is 0 Å². The summed E-state index contributed by atoms with van der Waals surface area (Å²) in [5.74, 6) is -0.00725. The minimum Gasteiger partial charge on any atom is -0.352 e. The highest BCUT2D eigenvalue weighted by molar-refractivity contribution is 5.75. The van der Waals surface area contributed by atoms with Crippen LogP contribution in [0.25, 0.3) is 0 Å². The summed E-state index contributed by atoms with van der Waals surface area (Å²) in [6, 6.07) is 1.15. The average molecular weight is 250 g/mol. The number of likely N-dealkylation sites (tertiary alicyclic amines) is 1. The zero-order chi connectivity index (χ0) is 12.4. The molecule has 1 aromatic heterocycles. The average Bonchev–Trinajstić information content (AvgIpc) is 3.09. The molecule has 0 spiro atoms. The van der Waals surface area contributed by atoms with Crippen molar-refractivity contribution in [3.05, 3.63) is 6.33 Å². The van der Waals surface area contributed by atoms with Crippen molar-refractivity contribution in [2.45, 2.75) is 44.3 Å². The molecule has 2 aliphatic rings. The number of carbonyl (C=O) groups excluding carboxylic acids is 1. The highest BCUT2D eigenvalue weighted by Crippen LogP contribution is 2.29. The van der Waals surface area contributed by atoms with E-state index in [1.54, 1.807) is 0 Å². The molecular formula is C11H18N6O. The van der Waals surface area contributed by atoms with Gasteiger partial charge in [-0.05, 0) is 36.1 Å². The van der Waals surface area contributed by atoms with E-state index in [1.807, 2.05) is 0 Å². The van der Waals surface area contributed by atoms with Crippen molar-refractivity contribution in [1.29, 1.82) is 0 Å². The van der Waals surface area contributed by atoms with Gasteiger partial charge in [0, 0.05) is 25.2 Å². The Kier molecular flexibility index (Phi) is 3.22. The van der Waals surface area contributed by atoms with Gasteiger partial charge in [0.05, 0.1) is 0 Å². The molecule has 1 amide bonds. The van der Waals surface area contributed by atoms with Gasteiger partial charge in [-0.2, -0.15) is 0 Å². The molecule has 2 heterocycles. The lowest BCUT2D eigenvalue weighted by Gasteiger charge is -2.32. The van der Waals surface area contributed by atoms with Gasteiger partial charge in [0.2, 0.25) is 5.91 Å². The molecule has 3 rings (SSSR count). The largest absolute Gasteiger partial charge is 0.352 e. The van der Waals surface area contributed by atoms with Gasteiger partial charge < -0.3 is 10.2 Å². The summed E-state index contributed by atoms with van der Waals surface area (Å²) in [5.41, 5.74) is 0. The van der Waals surface area contributed by atoms with Crippen LogP contribution in [-0.2, 0) is 11.3 Å². The van der Waals surface area contributed by atoms with Gasteiger partial charge in [-0.25, -0.2) is 4.68 Å². The molecule has 1 aromatic rings. The lowest BCUT2D eigenvalue weighted by molar-refractivity contribution is -0.122. The molecule has 7 nitrogen and oxygen atoms in total. The Labute approximate surface area is 106 Å². The monoisotopic (exact) mass is 250 g/mol. The Hall–Kier alpha value is -1.50. The Morgan fingerprint density at radius 2 is 2.06 bits per heavy atom. The number of nitrogens with one attached hydrogen (secondary N) is 1. The van der Waals surface area contributed by atoms with E-state index in [-0.39, 0.29) is 12.5 Å². The van der Waals surface area contributed by atoms with Crippen LogP contribution in [0.15, 0.2) is 6.33 Å². The first-order valence-electron chi connectivity index (χ1n) is 6.55. The second-order valence-electron chi connectivity index (χ2n) is 5.12. The van der Waals surface area contributed by atoms with Crippen molar-refractivity contribution < 1.29 is 4.79 Å². The van der Waals surface area contributed by atoms with E-state index in [0.717, 1.165) is 32.0 Å². The zero-order valence-corrected chi connectivity index (χ0v) is 10.3. The topological polar surface area (TPSA) is 75.9 Å². The summed E-state index contributed by atoms with van der Waals surface area (Å²) in [6.07, 6.45) is 6.28. The van der Waals surface area contributed by atoms with Gasteiger partial charge >= 0.3 is 0 Å². The predicted molar refractivity (Wildman–Crippen MR) is 63.6 cm³/mol. The fraction of sp³-hybridized carbons (Fsp3) is 0.818. The van der Waals surface area contributed by atoms with Crippen molar-refractivity contribution in [2.75, 3.05) is 13.1 Å². The first-order chi connectivity index (χ1) is 8.81. The van der Waals surface area contributed by atoms with Crippen LogP contribution in [0.3, 0.4) is 0 Å². The molecule has 0 aromatic carbocycles. The fourth-order valence-corrected chi connectivity index (χ4v) is 2.52. The van der Waals surface area contributed by atoms with Crippen LogP contribution in [0.1, 0.15) is 25.7 Å². The van der Waals surface area contributed by atoms with Gasteiger partial charge in [0.25, 0.3) is 0 Å². The molecule has 0 bridgehead atoms.